The van der Waals surface area contributed by atoms with Crippen molar-refractivity contribution in [3.63, 3.8) is 0 Å². The van der Waals surface area contributed by atoms with Crippen LogP contribution < -0.4 is 0 Å². The number of rotatable bonds is 4. The zero-order valence-corrected chi connectivity index (χ0v) is 8.26. The first-order valence-corrected chi connectivity index (χ1v) is 5.34. The van der Waals surface area contributed by atoms with Crippen LogP contribution in [0, 0.1) is 0 Å². The Labute approximate surface area is 76.5 Å². The summed E-state index contributed by atoms with van der Waals surface area (Å²) in [5.41, 5.74) is 0. The van der Waals surface area contributed by atoms with Gasteiger partial charge in [-0.1, -0.05) is 25.8 Å². The first-order valence-electron chi connectivity index (χ1n) is 5.34. The number of allylic oxidation sites excluding steroid dienone is 1. The van der Waals surface area contributed by atoms with Gasteiger partial charge in [-0.25, -0.2) is 0 Å². The Balaban J connectivity index is 2.12. The maximum Gasteiger partial charge on any atom is 0.0172 e. The highest BCUT2D eigenvalue weighted by atomic mass is 15.1. The summed E-state index contributed by atoms with van der Waals surface area (Å²) in [7, 11) is 0. The van der Waals surface area contributed by atoms with E-state index < -0.39 is 0 Å². The number of hydrogen-bond donors (Lipinski definition) is 0. The number of unbranched alkanes of at least 4 members (excludes halogenated alkanes) is 2. The second-order valence-electron chi connectivity index (χ2n) is 3.62. The van der Waals surface area contributed by atoms with Gasteiger partial charge in [-0.05, 0) is 31.9 Å². The molecule has 0 saturated heterocycles. The molecule has 0 atom stereocenters. The van der Waals surface area contributed by atoms with E-state index in [1.165, 1.54) is 51.6 Å². The normalized spacial score (nSPS) is 17.9. The van der Waals surface area contributed by atoms with Crippen molar-refractivity contribution < 1.29 is 0 Å². The minimum Gasteiger partial charge on any atom is -0.378 e. The van der Waals surface area contributed by atoms with E-state index in [0.29, 0.717) is 0 Å². The van der Waals surface area contributed by atoms with Crippen LogP contribution in [0.3, 0.4) is 0 Å². The molecule has 1 heterocycles. The zero-order chi connectivity index (χ0) is 8.65. The molecule has 0 aromatic carbocycles. The molecule has 0 amide bonds. The predicted molar refractivity (Wildman–Crippen MR) is 54.1 cm³/mol. The lowest BCUT2D eigenvalue weighted by Gasteiger charge is -2.18. The average molecular weight is 167 g/mol. The van der Waals surface area contributed by atoms with Crippen molar-refractivity contribution in [2.45, 2.75) is 45.4 Å². The highest BCUT2D eigenvalue weighted by molar-refractivity contribution is 4.85. The van der Waals surface area contributed by atoms with Crippen molar-refractivity contribution in [2.75, 3.05) is 13.1 Å². The van der Waals surface area contributed by atoms with E-state index in [0.717, 1.165) is 0 Å². The van der Waals surface area contributed by atoms with Crippen molar-refractivity contribution >= 4 is 0 Å². The largest absolute Gasteiger partial charge is 0.378 e. The molecule has 12 heavy (non-hydrogen) atoms. The van der Waals surface area contributed by atoms with Crippen molar-refractivity contribution in [1.29, 1.82) is 0 Å². The molecule has 0 aliphatic carbocycles. The lowest BCUT2D eigenvalue weighted by atomic mass is 10.2. The zero-order valence-electron chi connectivity index (χ0n) is 8.26. The molecule has 0 saturated carbocycles. The van der Waals surface area contributed by atoms with Gasteiger partial charge in [0.25, 0.3) is 0 Å². The van der Waals surface area contributed by atoms with Gasteiger partial charge in [0, 0.05) is 13.1 Å². The minimum atomic E-state index is 1.27. The van der Waals surface area contributed by atoms with Gasteiger partial charge >= 0.3 is 0 Å². The van der Waals surface area contributed by atoms with Crippen molar-refractivity contribution in [2.24, 2.45) is 0 Å². The summed E-state index contributed by atoms with van der Waals surface area (Å²) in [5, 5.41) is 0. The lowest BCUT2D eigenvalue weighted by molar-refractivity contribution is 0.362. The van der Waals surface area contributed by atoms with Gasteiger partial charge in [-0.2, -0.15) is 0 Å². The van der Waals surface area contributed by atoms with Crippen LogP contribution in [0.5, 0.6) is 0 Å². The van der Waals surface area contributed by atoms with Crippen LogP contribution in [0.25, 0.3) is 0 Å². The fraction of sp³-hybridized carbons (Fsp3) is 0.818. The Kier molecular flexibility index (Phi) is 4.89. The Hall–Kier alpha value is -0.460. The Morgan fingerprint density at radius 1 is 1.25 bits per heavy atom. The van der Waals surface area contributed by atoms with Gasteiger partial charge in [0.05, 0.1) is 0 Å². The third-order valence-electron chi connectivity index (χ3n) is 2.43. The summed E-state index contributed by atoms with van der Waals surface area (Å²) in [4.78, 5) is 2.47. The Morgan fingerprint density at radius 2 is 2.17 bits per heavy atom. The van der Waals surface area contributed by atoms with Gasteiger partial charge in [0.1, 0.15) is 0 Å². The Morgan fingerprint density at radius 3 is 3.00 bits per heavy atom. The Bertz CT molecular complexity index is 129. The molecule has 0 fully saturated rings. The van der Waals surface area contributed by atoms with Gasteiger partial charge in [0.2, 0.25) is 0 Å². The van der Waals surface area contributed by atoms with E-state index in [1.807, 2.05) is 0 Å². The van der Waals surface area contributed by atoms with Crippen molar-refractivity contribution in [3.05, 3.63) is 12.3 Å². The fourth-order valence-corrected chi connectivity index (χ4v) is 1.63. The molecule has 0 N–H and O–H groups in total. The standard InChI is InChI=1S/C11H21N/c1-2-3-6-9-12-10-7-4-5-8-11-12/h7,10H,2-6,8-9,11H2,1H3. The van der Waals surface area contributed by atoms with Gasteiger partial charge < -0.3 is 4.90 Å². The maximum atomic E-state index is 2.47. The highest BCUT2D eigenvalue weighted by Crippen LogP contribution is 2.08. The summed E-state index contributed by atoms with van der Waals surface area (Å²) in [6.07, 6.45) is 12.7. The predicted octanol–water partition coefficient (Wildman–Crippen LogP) is 3.18. The van der Waals surface area contributed by atoms with Crippen LogP contribution >= 0.6 is 0 Å². The molecule has 1 nitrogen and oxygen atoms in total. The first kappa shape index (κ1) is 9.63. The molecule has 0 unspecified atom stereocenters. The summed E-state index contributed by atoms with van der Waals surface area (Å²) in [6.45, 7) is 4.81. The average Bonchev–Trinajstić information content (AvgIpc) is 2.33. The molecule has 1 heteroatoms. The number of nitrogens with zero attached hydrogens (tertiary/aromatic N) is 1. The van der Waals surface area contributed by atoms with E-state index in [4.69, 9.17) is 0 Å². The molecule has 70 valence electrons. The second kappa shape index (κ2) is 6.10. The quantitative estimate of drug-likeness (QED) is 0.581. The van der Waals surface area contributed by atoms with Crippen LogP contribution in [0.1, 0.15) is 45.4 Å². The summed E-state index contributed by atoms with van der Waals surface area (Å²) < 4.78 is 0. The van der Waals surface area contributed by atoms with E-state index in [1.54, 1.807) is 0 Å². The first-order chi connectivity index (χ1) is 5.93. The van der Waals surface area contributed by atoms with Gasteiger partial charge in [-0.15, -0.1) is 0 Å². The van der Waals surface area contributed by atoms with Crippen molar-refractivity contribution in [3.8, 4) is 0 Å². The molecule has 1 rings (SSSR count). The van der Waals surface area contributed by atoms with Crippen LogP contribution in [0.2, 0.25) is 0 Å². The van der Waals surface area contributed by atoms with E-state index in [-0.39, 0.29) is 0 Å². The van der Waals surface area contributed by atoms with E-state index in [2.05, 4.69) is 24.1 Å². The van der Waals surface area contributed by atoms with Gasteiger partial charge in [-0.3, -0.25) is 0 Å². The fourth-order valence-electron chi connectivity index (χ4n) is 1.63. The third-order valence-corrected chi connectivity index (χ3v) is 2.43. The molecule has 1 aliphatic heterocycles. The molecular weight excluding hydrogens is 146 g/mol. The maximum absolute atomic E-state index is 2.47. The van der Waals surface area contributed by atoms with Crippen LogP contribution in [0.4, 0.5) is 0 Å². The lowest BCUT2D eigenvalue weighted by Crippen LogP contribution is -2.18. The smallest absolute Gasteiger partial charge is 0.0172 e. The highest BCUT2D eigenvalue weighted by Gasteiger charge is 2.01. The molecule has 0 aromatic heterocycles. The molecule has 0 aromatic rings. The van der Waals surface area contributed by atoms with Crippen LogP contribution in [-0.2, 0) is 0 Å². The monoisotopic (exact) mass is 167 g/mol. The van der Waals surface area contributed by atoms with E-state index in [9.17, 15) is 0 Å². The molecule has 1 aliphatic rings. The van der Waals surface area contributed by atoms with Gasteiger partial charge in [0.15, 0.2) is 0 Å². The summed E-state index contributed by atoms with van der Waals surface area (Å²) >= 11 is 0. The SMILES string of the molecule is CCCCCN1C=CCCCC1. The molecular formula is C11H21N. The van der Waals surface area contributed by atoms with Crippen LogP contribution in [0.15, 0.2) is 12.3 Å². The van der Waals surface area contributed by atoms with E-state index >= 15 is 0 Å². The summed E-state index contributed by atoms with van der Waals surface area (Å²) in [6, 6.07) is 0. The molecule has 0 radical (unpaired) electrons. The number of hydrogen-bond acceptors (Lipinski definition) is 1. The topological polar surface area (TPSA) is 3.24 Å². The summed E-state index contributed by atoms with van der Waals surface area (Å²) in [5.74, 6) is 0. The van der Waals surface area contributed by atoms with Crippen LogP contribution in [-0.4, -0.2) is 18.0 Å². The van der Waals surface area contributed by atoms with Crippen molar-refractivity contribution in [1.82, 2.24) is 4.90 Å². The molecule has 0 spiro atoms. The molecule has 0 bridgehead atoms. The third kappa shape index (κ3) is 3.80. The second-order valence-corrected chi connectivity index (χ2v) is 3.62. The minimum absolute atomic E-state index is 1.27.